The Labute approximate surface area is 196 Å². The lowest BCUT2D eigenvalue weighted by molar-refractivity contribution is -0.121. The highest BCUT2D eigenvalue weighted by Gasteiger charge is 2.25. The average Bonchev–Trinajstić information content (AvgIpc) is 2.83. The fourth-order valence-corrected chi connectivity index (χ4v) is 3.46. The van der Waals surface area contributed by atoms with Crippen molar-refractivity contribution in [3.05, 3.63) is 77.8 Å². The van der Waals surface area contributed by atoms with E-state index in [0.29, 0.717) is 47.5 Å². The molecule has 7 nitrogen and oxygen atoms in total. The Bertz CT molecular complexity index is 1110. The van der Waals surface area contributed by atoms with Crippen LogP contribution in [0.5, 0.6) is 17.2 Å². The highest BCUT2D eigenvalue weighted by Crippen LogP contribution is 2.34. The van der Waals surface area contributed by atoms with Crippen molar-refractivity contribution in [1.29, 1.82) is 0 Å². The molecule has 0 saturated carbocycles. The molecule has 0 aliphatic carbocycles. The summed E-state index contributed by atoms with van der Waals surface area (Å²) >= 11 is 5.88. The second-order valence-electron chi connectivity index (χ2n) is 7.32. The van der Waals surface area contributed by atoms with Crippen LogP contribution in [0, 0.1) is 0 Å². The number of amides is 2. The largest absolute Gasteiger partial charge is 0.494 e. The Hall–Kier alpha value is -3.71. The van der Waals surface area contributed by atoms with Crippen LogP contribution in [0.4, 0.5) is 11.4 Å². The lowest BCUT2D eigenvalue weighted by Gasteiger charge is -2.29. The Kier molecular flexibility index (Phi) is 7.32. The molecule has 1 N–H and O–H groups in total. The van der Waals surface area contributed by atoms with E-state index in [0.717, 1.165) is 5.75 Å². The highest BCUT2D eigenvalue weighted by atomic mass is 35.5. The van der Waals surface area contributed by atoms with E-state index in [9.17, 15) is 9.59 Å². The van der Waals surface area contributed by atoms with Gasteiger partial charge >= 0.3 is 0 Å². The molecule has 0 unspecified atom stereocenters. The number of hydrogen-bond donors (Lipinski definition) is 1. The molecular weight excluding hydrogens is 444 g/mol. The normalized spacial score (nSPS) is 12.5. The van der Waals surface area contributed by atoms with Crippen LogP contribution in [0.15, 0.2) is 72.8 Å². The maximum atomic E-state index is 12.5. The zero-order valence-corrected chi connectivity index (χ0v) is 18.6. The van der Waals surface area contributed by atoms with Gasteiger partial charge in [-0.05, 0) is 61.0 Å². The minimum atomic E-state index is -0.301. The van der Waals surface area contributed by atoms with Crippen LogP contribution in [0.3, 0.4) is 0 Å². The van der Waals surface area contributed by atoms with E-state index in [1.54, 1.807) is 59.5 Å². The number of rotatable bonds is 9. The zero-order valence-electron chi connectivity index (χ0n) is 17.8. The van der Waals surface area contributed by atoms with Gasteiger partial charge in [-0.1, -0.05) is 29.8 Å². The van der Waals surface area contributed by atoms with E-state index in [-0.39, 0.29) is 25.0 Å². The van der Waals surface area contributed by atoms with Crippen molar-refractivity contribution in [2.45, 2.75) is 6.42 Å². The number of nitrogens with zero attached hydrogens (tertiary/aromatic N) is 1. The van der Waals surface area contributed by atoms with Gasteiger partial charge in [0, 0.05) is 17.3 Å². The van der Waals surface area contributed by atoms with Crippen LogP contribution in [-0.4, -0.2) is 38.2 Å². The first-order valence-corrected chi connectivity index (χ1v) is 10.9. The van der Waals surface area contributed by atoms with Crippen LogP contribution in [0.1, 0.15) is 6.42 Å². The summed E-state index contributed by atoms with van der Waals surface area (Å²) < 4.78 is 16.7. The highest BCUT2D eigenvalue weighted by molar-refractivity contribution is 6.30. The van der Waals surface area contributed by atoms with Crippen molar-refractivity contribution in [3.63, 3.8) is 0 Å². The molecule has 0 saturated heterocycles. The van der Waals surface area contributed by atoms with Gasteiger partial charge in [-0.15, -0.1) is 0 Å². The van der Waals surface area contributed by atoms with Gasteiger partial charge in [-0.2, -0.15) is 0 Å². The molecule has 1 aliphatic rings. The quantitative estimate of drug-likeness (QED) is 0.468. The van der Waals surface area contributed by atoms with E-state index in [2.05, 4.69) is 5.32 Å². The zero-order chi connectivity index (χ0) is 23.0. The number of carbonyl (C=O) groups excluding carboxylic acids is 2. The smallest absolute Gasteiger partial charge is 0.265 e. The standard InChI is InChI=1S/C25H23ClN2O5/c26-18-7-10-21(11-8-18)31-14-4-13-28-22-15-19(9-12-23(22)33-17-25(28)30)27-24(29)16-32-20-5-2-1-3-6-20/h1-3,5-12,15H,4,13-14,16-17H2,(H,27,29). The first-order chi connectivity index (χ1) is 16.1. The number of halogens is 1. The third-order valence-electron chi connectivity index (χ3n) is 4.91. The number of hydrogen-bond acceptors (Lipinski definition) is 5. The van der Waals surface area contributed by atoms with Crippen molar-refractivity contribution in [1.82, 2.24) is 0 Å². The molecule has 33 heavy (non-hydrogen) atoms. The first-order valence-electron chi connectivity index (χ1n) is 10.5. The van der Waals surface area contributed by atoms with E-state index in [1.807, 2.05) is 18.2 Å². The average molecular weight is 467 g/mol. The molecular formula is C25H23ClN2O5. The van der Waals surface area contributed by atoms with Gasteiger partial charge in [-0.3, -0.25) is 9.59 Å². The van der Waals surface area contributed by atoms with Crippen LogP contribution < -0.4 is 24.4 Å². The third kappa shape index (κ3) is 6.17. The molecule has 1 heterocycles. The SMILES string of the molecule is O=C(COc1ccccc1)Nc1ccc2c(c1)N(CCCOc1ccc(Cl)cc1)C(=O)CO2. The Morgan fingerprint density at radius 3 is 2.55 bits per heavy atom. The van der Waals surface area contributed by atoms with Gasteiger partial charge in [0.05, 0.1) is 12.3 Å². The summed E-state index contributed by atoms with van der Waals surface area (Å²) in [4.78, 5) is 26.4. The van der Waals surface area contributed by atoms with Crippen molar-refractivity contribution in [3.8, 4) is 17.2 Å². The van der Waals surface area contributed by atoms with Gasteiger partial charge < -0.3 is 24.4 Å². The topological polar surface area (TPSA) is 77.1 Å². The van der Waals surface area contributed by atoms with Gasteiger partial charge in [0.25, 0.3) is 11.8 Å². The fraction of sp³-hybridized carbons (Fsp3) is 0.200. The van der Waals surface area contributed by atoms with Gasteiger partial charge in [0.1, 0.15) is 17.2 Å². The molecule has 0 radical (unpaired) electrons. The number of carbonyl (C=O) groups is 2. The van der Waals surface area contributed by atoms with Crippen LogP contribution in [-0.2, 0) is 9.59 Å². The second-order valence-corrected chi connectivity index (χ2v) is 7.76. The summed E-state index contributed by atoms with van der Waals surface area (Å²) in [5, 5.41) is 3.44. The molecule has 170 valence electrons. The molecule has 2 amide bonds. The molecule has 8 heteroatoms. The molecule has 4 rings (SSSR count). The Morgan fingerprint density at radius 2 is 1.76 bits per heavy atom. The Morgan fingerprint density at radius 1 is 1.00 bits per heavy atom. The molecule has 0 atom stereocenters. The summed E-state index contributed by atoms with van der Waals surface area (Å²) in [5.41, 5.74) is 1.16. The number of anilines is 2. The van der Waals surface area contributed by atoms with Crippen LogP contribution in [0.25, 0.3) is 0 Å². The minimum Gasteiger partial charge on any atom is -0.494 e. The molecule has 0 spiro atoms. The molecule has 1 aliphatic heterocycles. The number of ether oxygens (including phenoxy) is 3. The van der Waals surface area contributed by atoms with Gasteiger partial charge in [-0.25, -0.2) is 0 Å². The Balaban J connectivity index is 1.34. The summed E-state index contributed by atoms with van der Waals surface area (Å²) in [6.45, 7) is 0.746. The van der Waals surface area contributed by atoms with Crippen molar-refractivity contribution in [2.24, 2.45) is 0 Å². The van der Waals surface area contributed by atoms with Gasteiger partial charge in [0.15, 0.2) is 13.2 Å². The summed E-state index contributed by atoms with van der Waals surface area (Å²) in [6, 6.07) is 21.4. The molecule has 0 aromatic heterocycles. The van der Waals surface area contributed by atoms with Crippen molar-refractivity contribution >= 4 is 34.8 Å². The van der Waals surface area contributed by atoms with E-state index >= 15 is 0 Å². The van der Waals surface area contributed by atoms with Crippen LogP contribution in [0.2, 0.25) is 5.02 Å². The van der Waals surface area contributed by atoms with E-state index < -0.39 is 0 Å². The predicted octanol–water partition coefficient (Wildman–Crippen LogP) is 4.55. The molecule has 0 bridgehead atoms. The second kappa shape index (κ2) is 10.7. The summed E-state index contributed by atoms with van der Waals surface area (Å²) in [6.07, 6.45) is 0.620. The maximum Gasteiger partial charge on any atom is 0.265 e. The minimum absolute atomic E-state index is 0.0261. The monoisotopic (exact) mass is 466 g/mol. The lowest BCUT2D eigenvalue weighted by Crippen LogP contribution is -2.39. The molecule has 0 fully saturated rings. The number of benzene rings is 3. The third-order valence-corrected chi connectivity index (χ3v) is 5.16. The number of fused-ring (bicyclic) bond motifs is 1. The van der Waals surface area contributed by atoms with Crippen molar-refractivity contribution < 1.29 is 23.8 Å². The first kappa shape index (κ1) is 22.5. The lowest BCUT2D eigenvalue weighted by atomic mass is 10.2. The molecule has 3 aromatic rings. The fourth-order valence-electron chi connectivity index (χ4n) is 3.33. The van der Waals surface area contributed by atoms with Crippen LogP contribution >= 0.6 is 11.6 Å². The van der Waals surface area contributed by atoms with E-state index in [1.165, 1.54) is 0 Å². The molecule has 3 aromatic carbocycles. The summed E-state index contributed by atoms with van der Waals surface area (Å²) in [7, 11) is 0. The number of nitrogens with one attached hydrogen (secondary N) is 1. The maximum absolute atomic E-state index is 12.5. The van der Waals surface area contributed by atoms with Crippen molar-refractivity contribution in [2.75, 3.05) is 36.6 Å². The van der Waals surface area contributed by atoms with Gasteiger partial charge in [0.2, 0.25) is 0 Å². The summed E-state index contributed by atoms with van der Waals surface area (Å²) in [5.74, 6) is 1.47. The number of para-hydroxylation sites is 1. The predicted molar refractivity (Wildman–Crippen MR) is 126 cm³/mol. The van der Waals surface area contributed by atoms with E-state index in [4.69, 9.17) is 25.8 Å².